The first kappa shape index (κ1) is 38.7. The molecule has 0 radical (unpaired) electrons. The molecule has 4 aliphatic rings. The van der Waals surface area contributed by atoms with E-state index in [1.54, 1.807) is 6.92 Å². The topological polar surface area (TPSA) is 268 Å². The van der Waals surface area contributed by atoms with Gasteiger partial charge in [-0.3, -0.25) is 28.9 Å². The Balaban J connectivity index is 1.29. The molecule has 6 atom stereocenters. The minimum absolute atomic E-state index is 0.0120. The predicted octanol–water partition coefficient (Wildman–Crippen LogP) is 0.390. The molecule has 1 saturated heterocycles. The zero-order valence-corrected chi connectivity index (χ0v) is 29.6. The minimum Gasteiger partial charge on any atom is -0.507 e. The lowest BCUT2D eigenvalue weighted by Gasteiger charge is -2.43. The van der Waals surface area contributed by atoms with Crippen LogP contribution >= 0.6 is 0 Å². The quantitative estimate of drug-likeness (QED) is 0.0434. The number of carbonyl (C=O) groups excluding carboxylic acids is 5. The van der Waals surface area contributed by atoms with E-state index in [1.807, 2.05) is 0 Å². The number of amides is 3. The lowest BCUT2D eigenvalue weighted by atomic mass is 9.71. The van der Waals surface area contributed by atoms with Gasteiger partial charge in [0.25, 0.3) is 11.8 Å². The van der Waals surface area contributed by atoms with Crippen molar-refractivity contribution in [3.8, 4) is 17.2 Å². The summed E-state index contributed by atoms with van der Waals surface area (Å²) in [6.45, 7) is 0.910. The molecule has 0 aromatic heterocycles. The zero-order chi connectivity index (χ0) is 39.1. The lowest BCUT2D eigenvalue weighted by Crippen LogP contribution is -2.53. The summed E-state index contributed by atoms with van der Waals surface area (Å²) >= 11 is 0. The van der Waals surface area contributed by atoms with E-state index in [2.05, 4.69) is 10.5 Å². The van der Waals surface area contributed by atoms with E-state index < -0.39 is 108 Å². The fraction of sp³-hybridized carbons (Fsp3) is 0.459. The van der Waals surface area contributed by atoms with Crippen LogP contribution in [0.15, 0.2) is 35.5 Å². The molecular formula is C37H42N4O13. The standard InChI is InChI=1S/C37H42N4O13/c1-17-32(46)20(38)13-27(53-17)54-22-15-37(51,23(16-42)39-40-24(43)9-4-3-5-12-41-25(44)10-11-26(41)45)14-19-29(22)36(50)31-30(34(19)48)33(47)18-7-6-8-21(52-2)28(18)35(31)49/h6-8,10-11,17,20,22,27,32,42,46,48,50-51H,3-5,9,12-16,38H2,1-2H3,(H,40,43)/b39-23+/t17?,20?,22-,27?,32?,37-/m0/s1. The van der Waals surface area contributed by atoms with Gasteiger partial charge >= 0.3 is 0 Å². The molecule has 3 amide bonds. The number of nitrogens with one attached hydrogen (secondary N) is 1. The molecule has 2 heterocycles. The summed E-state index contributed by atoms with van der Waals surface area (Å²) in [7, 11) is 1.32. The first-order valence-corrected chi connectivity index (χ1v) is 17.5. The molecule has 6 rings (SSSR count). The smallest absolute Gasteiger partial charge is 0.253 e. The van der Waals surface area contributed by atoms with Crippen LogP contribution < -0.4 is 15.9 Å². The highest BCUT2D eigenvalue weighted by Gasteiger charge is 2.49. The predicted molar refractivity (Wildman–Crippen MR) is 187 cm³/mol. The van der Waals surface area contributed by atoms with Gasteiger partial charge in [-0.2, -0.15) is 5.10 Å². The SMILES string of the molecule is COc1cccc2c1C(=O)c1c(O)c3c(c(O)c1C2=O)C[C@@](O)(/C(CO)=N/NC(=O)CCCCCN1C(=O)C=CC1=O)C[C@@H]3OC1CC(N)C(O)C(C)O1. The Labute approximate surface area is 309 Å². The molecule has 288 valence electrons. The van der Waals surface area contributed by atoms with Gasteiger partial charge in [-0.1, -0.05) is 18.6 Å². The van der Waals surface area contributed by atoms with Crippen LogP contribution in [0.3, 0.4) is 0 Å². The molecule has 0 bridgehead atoms. The van der Waals surface area contributed by atoms with Gasteiger partial charge in [0.15, 0.2) is 12.1 Å². The van der Waals surface area contributed by atoms with Crippen molar-refractivity contribution >= 4 is 35.0 Å². The number of fused-ring (bicyclic) bond motifs is 3. The Hall–Kier alpha value is -5.04. The molecule has 17 heteroatoms. The Morgan fingerprint density at radius 1 is 1.06 bits per heavy atom. The summed E-state index contributed by atoms with van der Waals surface area (Å²) in [5, 5.41) is 60.5. The zero-order valence-electron chi connectivity index (χ0n) is 29.6. The van der Waals surface area contributed by atoms with Crippen molar-refractivity contribution in [1.82, 2.24) is 10.3 Å². The van der Waals surface area contributed by atoms with Crippen LogP contribution in [0.1, 0.15) is 94.5 Å². The van der Waals surface area contributed by atoms with Gasteiger partial charge in [0.05, 0.1) is 54.4 Å². The maximum atomic E-state index is 14.0. The number of aromatic hydroxyl groups is 2. The van der Waals surface area contributed by atoms with E-state index in [-0.39, 0.29) is 53.1 Å². The van der Waals surface area contributed by atoms with Crippen LogP contribution in [0.2, 0.25) is 0 Å². The molecule has 17 nitrogen and oxygen atoms in total. The number of nitrogens with two attached hydrogens (primary N) is 1. The molecular weight excluding hydrogens is 708 g/mol. The second-order valence-electron chi connectivity index (χ2n) is 13.8. The first-order valence-electron chi connectivity index (χ1n) is 17.5. The third-order valence-electron chi connectivity index (χ3n) is 10.3. The van der Waals surface area contributed by atoms with Crippen LogP contribution in [0.25, 0.3) is 0 Å². The number of hydrogen-bond acceptors (Lipinski definition) is 15. The van der Waals surface area contributed by atoms with E-state index in [1.165, 1.54) is 37.5 Å². The minimum atomic E-state index is -2.16. The van der Waals surface area contributed by atoms with E-state index in [0.29, 0.717) is 19.3 Å². The number of carbonyl (C=O) groups is 5. The average molecular weight is 751 g/mol. The highest BCUT2D eigenvalue weighted by Crippen LogP contribution is 2.52. The summed E-state index contributed by atoms with van der Waals surface area (Å²) in [5.74, 6) is -4.25. The number of unbranched alkanes of at least 4 members (excludes halogenated alkanes) is 2. The number of benzene rings is 2. The normalized spacial score (nSPS) is 26.4. The Bertz CT molecular complexity index is 1930. The number of rotatable bonds is 12. The summed E-state index contributed by atoms with van der Waals surface area (Å²) in [5.41, 5.74) is 4.46. The van der Waals surface area contributed by atoms with Crippen molar-refractivity contribution in [1.29, 1.82) is 0 Å². The number of ether oxygens (including phenoxy) is 3. The van der Waals surface area contributed by atoms with Crippen molar-refractivity contribution in [2.75, 3.05) is 20.3 Å². The third-order valence-corrected chi connectivity index (χ3v) is 10.3. The maximum absolute atomic E-state index is 14.0. The first-order chi connectivity index (χ1) is 25.7. The molecule has 4 unspecified atom stereocenters. The highest BCUT2D eigenvalue weighted by molar-refractivity contribution is 6.31. The number of ketones is 2. The monoisotopic (exact) mass is 750 g/mol. The second-order valence-corrected chi connectivity index (χ2v) is 13.8. The number of methoxy groups -OCH3 is 1. The lowest BCUT2D eigenvalue weighted by molar-refractivity contribution is -0.245. The molecule has 2 aliphatic carbocycles. The Morgan fingerprint density at radius 2 is 1.76 bits per heavy atom. The fourth-order valence-electron chi connectivity index (χ4n) is 7.47. The van der Waals surface area contributed by atoms with Crippen LogP contribution in [-0.2, 0) is 30.3 Å². The van der Waals surface area contributed by atoms with Gasteiger partial charge in [0.2, 0.25) is 11.7 Å². The highest BCUT2D eigenvalue weighted by atomic mass is 16.7. The summed E-state index contributed by atoms with van der Waals surface area (Å²) < 4.78 is 17.4. The van der Waals surface area contributed by atoms with Crippen LogP contribution in [0, 0.1) is 0 Å². The second kappa shape index (κ2) is 15.4. The average Bonchev–Trinajstić information content (AvgIpc) is 3.46. The molecule has 0 saturated carbocycles. The van der Waals surface area contributed by atoms with Crippen molar-refractivity contribution in [3.63, 3.8) is 0 Å². The summed E-state index contributed by atoms with van der Waals surface area (Å²) in [6, 6.07) is 3.57. The third kappa shape index (κ3) is 7.01. The molecule has 8 N–H and O–H groups in total. The van der Waals surface area contributed by atoms with E-state index >= 15 is 0 Å². The Morgan fingerprint density at radius 3 is 2.43 bits per heavy atom. The summed E-state index contributed by atoms with van der Waals surface area (Å²) in [4.78, 5) is 65.1. The van der Waals surface area contributed by atoms with Gasteiger partial charge in [-0.25, -0.2) is 5.43 Å². The fourth-order valence-corrected chi connectivity index (χ4v) is 7.47. The number of hydrazone groups is 1. The van der Waals surface area contributed by atoms with Gasteiger partial charge in [0.1, 0.15) is 22.8 Å². The van der Waals surface area contributed by atoms with Crippen molar-refractivity contribution < 1.29 is 63.7 Å². The van der Waals surface area contributed by atoms with Gasteiger partial charge in [-0.15, -0.1) is 0 Å². The van der Waals surface area contributed by atoms with Gasteiger partial charge < -0.3 is 45.5 Å². The van der Waals surface area contributed by atoms with Crippen molar-refractivity contribution in [2.45, 2.75) is 88.1 Å². The molecule has 2 aromatic rings. The number of phenols is 2. The van der Waals surface area contributed by atoms with Crippen LogP contribution in [-0.4, -0.2) is 116 Å². The number of nitrogens with zero attached hydrogens (tertiary/aromatic N) is 2. The number of phenolic OH excluding ortho intramolecular Hbond substituents is 2. The van der Waals surface area contributed by atoms with Crippen molar-refractivity contribution in [2.24, 2.45) is 10.8 Å². The number of imide groups is 1. The van der Waals surface area contributed by atoms with Crippen LogP contribution in [0.4, 0.5) is 0 Å². The Kier molecular flexibility index (Phi) is 11.0. The number of aliphatic hydroxyl groups is 3. The maximum Gasteiger partial charge on any atom is 0.253 e. The number of aliphatic hydroxyl groups excluding tert-OH is 2. The number of hydrogen-bond donors (Lipinski definition) is 7. The molecule has 1 fully saturated rings. The van der Waals surface area contributed by atoms with Gasteiger partial charge in [0, 0.05) is 67.1 Å². The van der Waals surface area contributed by atoms with E-state index in [9.17, 15) is 49.5 Å². The largest absolute Gasteiger partial charge is 0.507 e. The van der Waals surface area contributed by atoms with E-state index in [0.717, 1.165) is 4.90 Å². The van der Waals surface area contributed by atoms with E-state index in [4.69, 9.17) is 19.9 Å². The summed E-state index contributed by atoms with van der Waals surface area (Å²) in [6.07, 6.45) is -1.56. The molecule has 2 aromatic carbocycles. The van der Waals surface area contributed by atoms with Crippen LogP contribution in [0.5, 0.6) is 17.2 Å². The molecule has 0 spiro atoms. The van der Waals surface area contributed by atoms with Crippen molar-refractivity contribution in [3.05, 3.63) is 63.7 Å². The van der Waals surface area contributed by atoms with Gasteiger partial charge in [-0.05, 0) is 25.8 Å². The molecule has 2 aliphatic heterocycles. The molecule has 54 heavy (non-hydrogen) atoms.